The molecule has 0 spiro atoms. The van der Waals surface area contributed by atoms with Crippen LogP contribution in [0.5, 0.6) is 0 Å². The number of nitrogens with two attached hydrogens (primary N) is 1. The first kappa shape index (κ1) is 38.7. The predicted octanol–water partition coefficient (Wildman–Crippen LogP) is -8.24. The normalized spacial score (nSPS) is 42.4. The second-order valence-corrected chi connectivity index (χ2v) is 11.1. The van der Waals surface area contributed by atoms with Gasteiger partial charge in [0.1, 0.15) is 79.3 Å². The molecule has 1 amide bonds. The lowest BCUT2D eigenvalue weighted by molar-refractivity contribution is -0.366. The van der Waals surface area contributed by atoms with Crippen molar-refractivity contribution in [2.24, 2.45) is 5.73 Å². The number of aliphatic hydroxyl groups excluding tert-OH is 10. The van der Waals surface area contributed by atoms with Crippen LogP contribution in [0.25, 0.3) is 0 Å². The topological polar surface area (TPSA) is 350 Å². The van der Waals surface area contributed by atoms with Gasteiger partial charge in [-0.3, -0.25) is 9.59 Å². The van der Waals surface area contributed by atoms with Gasteiger partial charge in [0.25, 0.3) is 0 Å². The molecular weight excluding hydrogens is 632 g/mol. The molecule has 3 rings (SSSR count). The van der Waals surface area contributed by atoms with Crippen LogP contribution in [0.1, 0.15) is 12.8 Å². The molecule has 21 heteroatoms. The molecule has 46 heavy (non-hydrogen) atoms. The minimum Gasteiger partial charge on any atom is -0.480 e. The molecule has 3 fully saturated rings. The lowest BCUT2D eigenvalue weighted by Gasteiger charge is -2.46. The van der Waals surface area contributed by atoms with Gasteiger partial charge in [-0.15, -0.1) is 0 Å². The van der Waals surface area contributed by atoms with E-state index in [0.717, 1.165) is 0 Å². The summed E-state index contributed by atoms with van der Waals surface area (Å²) in [5.41, 5.74) is 5.37. The van der Waals surface area contributed by atoms with E-state index < -0.39 is 130 Å². The van der Waals surface area contributed by atoms with Gasteiger partial charge in [0, 0.05) is 13.0 Å². The van der Waals surface area contributed by atoms with Crippen molar-refractivity contribution in [2.45, 2.75) is 111 Å². The van der Waals surface area contributed by atoms with Crippen LogP contribution in [0, 0.1) is 0 Å². The molecule has 0 saturated carbocycles. The molecule has 0 bridgehead atoms. The van der Waals surface area contributed by atoms with Gasteiger partial charge >= 0.3 is 5.97 Å². The lowest BCUT2D eigenvalue weighted by Crippen LogP contribution is -2.65. The Bertz CT molecular complexity index is 962. The van der Waals surface area contributed by atoms with Crippen LogP contribution in [-0.2, 0) is 38.0 Å². The fourth-order valence-corrected chi connectivity index (χ4v) is 4.93. The number of amides is 1. The minimum absolute atomic E-state index is 0.128. The maximum atomic E-state index is 12.0. The number of hydrogen-bond acceptors (Lipinski definition) is 19. The fourth-order valence-electron chi connectivity index (χ4n) is 4.93. The third-order valence-corrected chi connectivity index (χ3v) is 7.76. The van der Waals surface area contributed by atoms with Gasteiger partial charge < -0.3 is 95.6 Å². The van der Waals surface area contributed by atoms with Crippen molar-refractivity contribution >= 4 is 11.9 Å². The number of carboxylic acid groups (broad SMARTS) is 1. The molecule has 0 aromatic heterocycles. The Kier molecular flexibility index (Phi) is 14.8. The maximum Gasteiger partial charge on any atom is 0.320 e. The zero-order valence-corrected chi connectivity index (χ0v) is 24.5. The van der Waals surface area contributed by atoms with E-state index in [4.69, 9.17) is 39.3 Å². The molecule has 0 radical (unpaired) electrons. The highest BCUT2D eigenvalue weighted by Gasteiger charge is 2.52. The van der Waals surface area contributed by atoms with Gasteiger partial charge in [-0.1, -0.05) is 0 Å². The van der Waals surface area contributed by atoms with Crippen molar-refractivity contribution in [3.63, 3.8) is 0 Å². The van der Waals surface area contributed by atoms with E-state index in [-0.39, 0.29) is 26.0 Å². The molecule has 0 aromatic carbocycles. The third-order valence-electron chi connectivity index (χ3n) is 7.76. The maximum absolute atomic E-state index is 12.0. The second-order valence-electron chi connectivity index (χ2n) is 11.1. The van der Waals surface area contributed by atoms with Gasteiger partial charge in [-0.25, -0.2) is 0 Å². The molecule has 0 aromatic rings. The van der Waals surface area contributed by atoms with Gasteiger partial charge in [0.2, 0.25) is 5.91 Å². The first-order valence-corrected chi connectivity index (χ1v) is 14.5. The first-order chi connectivity index (χ1) is 21.7. The molecule has 3 heterocycles. The monoisotopic (exact) mass is 676 g/mol. The van der Waals surface area contributed by atoms with Crippen LogP contribution in [-0.4, -0.2) is 199 Å². The Morgan fingerprint density at radius 3 is 1.78 bits per heavy atom. The first-order valence-electron chi connectivity index (χ1n) is 14.5. The molecular formula is C25H44N2O19. The lowest BCUT2D eigenvalue weighted by atomic mass is 9.96. The van der Waals surface area contributed by atoms with Crippen LogP contribution in [0.2, 0.25) is 0 Å². The standard InChI is InChI=1S/C25H44N2O19/c26-8(22(39)40)1-2-12(30)27-3-4-41-24-20(38)21(46-25-19(37)17(35)14(32)10(6-29)44-25)15(33)11(45-24)7-42-23-18(36)16(34)13(31)9(5-28)43-23/h8-11,13-21,23-25,28-29,31-38H,1-7,26H2,(H,27,30)(H,39,40)/t8-,9+,10+,11+,13+,14+,15+,16-,17-,18-,19-,20-,21-,23-,24-,25+/m0/s1. The quantitative estimate of drug-likeness (QED) is 0.0716. The van der Waals surface area contributed by atoms with E-state index >= 15 is 0 Å². The van der Waals surface area contributed by atoms with Crippen LogP contribution in [0.15, 0.2) is 0 Å². The van der Waals surface area contributed by atoms with Crippen molar-refractivity contribution in [3.8, 4) is 0 Å². The van der Waals surface area contributed by atoms with Gasteiger partial charge in [0.15, 0.2) is 18.9 Å². The van der Waals surface area contributed by atoms with Crippen LogP contribution < -0.4 is 11.1 Å². The Balaban J connectivity index is 1.69. The number of carboxylic acids is 1. The molecule has 268 valence electrons. The third kappa shape index (κ3) is 9.45. The number of ether oxygens (including phenoxy) is 6. The van der Waals surface area contributed by atoms with Crippen LogP contribution in [0.3, 0.4) is 0 Å². The minimum atomic E-state index is -1.91. The molecule has 3 aliphatic heterocycles. The Labute approximate surface area is 261 Å². The van der Waals surface area contributed by atoms with E-state index in [9.17, 15) is 60.7 Å². The zero-order chi connectivity index (χ0) is 34.3. The predicted molar refractivity (Wildman–Crippen MR) is 143 cm³/mol. The zero-order valence-electron chi connectivity index (χ0n) is 24.5. The second kappa shape index (κ2) is 17.6. The number of aliphatic hydroxyl groups is 10. The van der Waals surface area contributed by atoms with E-state index in [2.05, 4.69) is 5.32 Å². The molecule has 21 nitrogen and oxygen atoms in total. The summed E-state index contributed by atoms with van der Waals surface area (Å²) >= 11 is 0. The molecule has 16 atom stereocenters. The summed E-state index contributed by atoms with van der Waals surface area (Å²) in [5, 5.41) is 113. The van der Waals surface area contributed by atoms with Crippen LogP contribution >= 0.6 is 0 Å². The highest BCUT2D eigenvalue weighted by molar-refractivity contribution is 5.78. The number of carbonyl (C=O) groups is 2. The summed E-state index contributed by atoms with van der Waals surface area (Å²) < 4.78 is 32.8. The number of nitrogens with one attached hydrogen (secondary N) is 1. The van der Waals surface area contributed by atoms with E-state index in [1.54, 1.807) is 0 Å². The molecule has 3 saturated heterocycles. The van der Waals surface area contributed by atoms with E-state index in [1.807, 2.05) is 0 Å². The van der Waals surface area contributed by atoms with E-state index in [1.165, 1.54) is 0 Å². The Morgan fingerprint density at radius 1 is 0.696 bits per heavy atom. The smallest absolute Gasteiger partial charge is 0.320 e. The molecule has 0 unspecified atom stereocenters. The van der Waals surface area contributed by atoms with Gasteiger partial charge in [-0.05, 0) is 6.42 Å². The molecule has 0 aliphatic carbocycles. The van der Waals surface area contributed by atoms with Crippen molar-refractivity contribution in [3.05, 3.63) is 0 Å². The van der Waals surface area contributed by atoms with Crippen molar-refractivity contribution in [1.29, 1.82) is 0 Å². The summed E-state index contributed by atoms with van der Waals surface area (Å²) in [6.45, 7) is -2.64. The summed E-state index contributed by atoms with van der Waals surface area (Å²) in [5.74, 6) is -1.82. The number of carbonyl (C=O) groups excluding carboxylic acids is 1. The van der Waals surface area contributed by atoms with Crippen molar-refractivity contribution in [2.75, 3.05) is 33.0 Å². The summed E-state index contributed by atoms with van der Waals surface area (Å²) in [6, 6.07) is -1.23. The average molecular weight is 677 g/mol. The molecule has 14 N–H and O–H groups in total. The largest absolute Gasteiger partial charge is 0.480 e. The van der Waals surface area contributed by atoms with E-state index in [0.29, 0.717) is 0 Å². The summed E-state index contributed by atoms with van der Waals surface area (Å²) in [4.78, 5) is 22.8. The Morgan fingerprint density at radius 2 is 1.22 bits per heavy atom. The van der Waals surface area contributed by atoms with Crippen molar-refractivity contribution in [1.82, 2.24) is 5.32 Å². The fraction of sp³-hybridized carbons (Fsp3) is 0.920. The highest BCUT2D eigenvalue weighted by Crippen LogP contribution is 2.31. The summed E-state index contributed by atoms with van der Waals surface area (Å²) in [6.07, 6.45) is -25.7. The highest BCUT2D eigenvalue weighted by atomic mass is 16.7. The summed E-state index contributed by atoms with van der Waals surface area (Å²) in [7, 11) is 0. The van der Waals surface area contributed by atoms with Gasteiger partial charge in [-0.2, -0.15) is 0 Å². The van der Waals surface area contributed by atoms with Gasteiger partial charge in [0.05, 0.1) is 26.4 Å². The number of rotatable bonds is 15. The van der Waals surface area contributed by atoms with Crippen molar-refractivity contribution < 1.29 is 94.2 Å². The SMILES string of the molecule is N[C@@H](CCC(=O)NCCO[C@H]1O[C@H](CO[C@H]2O[C@H](CO)[C@@H](O)[C@H](O)[C@@H]2O)[C@@H](O)[C@H](O[C@H]2O[C@H](CO)[C@@H](O)[C@H](O)[C@@H]2O)[C@@H]1O)C(=O)O. The Hall–Kier alpha value is -1.74. The average Bonchev–Trinajstić information content (AvgIpc) is 3.03. The number of hydrogen-bond donors (Lipinski definition) is 13. The van der Waals surface area contributed by atoms with Crippen LogP contribution in [0.4, 0.5) is 0 Å². The molecule has 3 aliphatic rings. The number of aliphatic carboxylic acids is 1.